The molecule has 0 unspecified atom stereocenters. The predicted octanol–water partition coefficient (Wildman–Crippen LogP) is 4.61. The second kappa shape index (κ2) is 4.97. The molecule has 1 saturated carbocycles. The Morgan fingerprint density at radius 3 is 2.55 bits per heavy atom. The maximum atomic E-state index is 5.68. The molecule has 0 saturated heterocycles. The van der Waals surface area contributed by atoms with Crippen LogP contribution in [0.2, 0.25) is 0 Å². The van der Waals surface area contributed by atoms with Crippen LogP contribution in [-0.4, -0.2) is 5.16 Å². The molecule has 20 heavy (non-hydrogen) atoms. The first kappa shape index (κ1) is 13.2. The molecule has 1 aromatic heterocycles. The molecule has 106 valence electrons. The van der Waals surface area contributed by atoms with E-state index >= 15 is 0 Å². The molecule has 2 aromatic rings. The standard InChI is InChI=1S/C17H22N2O/c1-17(2)9-7-12(8-10-17)13-5-3-4-6-14(13)15-11-16(18)19-20-15/h3-6,11-12H,7-10H2,1-2H3,(H2,18,19). The molecule has 3 rings (SSSR count). The van der Waals surface area contributed by atoms with E-state index in [9.17, 15) is 0 Å². The van der Waals surface area contributed by atoms with Gasteiger partial charge >= 0.3 is 0 Å². The van der Waals surface area contributed by atoms with Gasteiger partial charge in [0.1, 0.15) is 0 Å². The van der Waals surface area contributed by atoms with Crippen LogP contribution in [0.4, 0.5) is 5.82 Å². The predicted molar refractivity (Wildman–Crippen MR) is 81.3 cm³/mol. The van der Waals surface area contributed by atoms with Crippen molar-refractivity contribution in [2.45, 2.75) is 45.4 Å². The maximum Gasteiger partial charge on any atom is 0.169 e. The zero-order valence-electron chi connectivity index (χ0n) is 12.2. The van der Waals surface area contributed by atoms with Crippen LogP contribution in [0, 0.1) is 5.41 Å². The van der Waals surface area contributed by atoms with Crippen molar-refractivity contribution in [3.05, 3.63) is 35.9 Å². The molecule has 3 heteroatoms. The van der Waals surface area contributed by atoms with E-state index in [1.54, 1.807) is 0 Å². The van der Waals surface area contributed by atoms with E-state index < -0.39 is 0 Å². The van der Waals surface area contributed by atoms with Crippen LogP contribution in [0.25, 0.3) is 11.3 Å². The van der Waals surface area contributed by atoms with Crippen LogP contribution in [-0.2, 0) is 0 Å². The Morgan fingerprint density at radius 2 is 1.90 bits per heavy atom. The van der Waals surface area contributed by atoms with Crippen molar-refractivity contribution in [3.63, 3.8) is 0 Å². The quantitative estimate of drug-likeness (QED) is 0.867. The fourth-order valence-corrected chi connectivity index (χ4v) is 3.20. The molecule has 1 aliphatic carbocycles. The molecule has 0 radical (unpaired) electrons. The fraction of sp³-hybridized carbons (Fsp3) is 0.471. The molecule has 1 heterocycles. The Labute approximate surface area is 120 Å². The molecule has 2 N–H and O–H groups in total. The lowest BCUT2D eigenvalue weighted by Crippen LogP contribution is -2.20. The van der Waals surface area contributed by atoms with E-state index in [1.165, 1.54) is 31.2 Å². The Bertz CT molecular complexity index is 591. The van der Waals surface area contributed by atoms with Crippen LogP contribution in [0.3, 0.4) is 0 Å². The van der Waals surface area contributed by atoms with E-state index in [4.69, 9.17) is 10.3 Å². The zero-order valence-corrected chi connectivity index (χ0v) is 12.2. The summed E-state index contributed by atoms with van der Waals surface area (Å²) in [6, 6.07) is 10.3. The Balaban J connectivity index is 1.91. The molecule has 1 fully saturated rings. The SMILES string of the molecule is CC1(C)CCC(c2ccccc2-c2cc(N)no2)CC1. The molecule has 0 aliphatic heterocycles. The van der Waals surface area contributed by atoms with Crippen LogP contribution in [0.5, 0.6) is 0 Å². The van der Waals surface area contributed by atoms with Gasteiger partial charge in [0.25, 0.3) is 0 Å². The van der Waals surface area contributed by atoms with Crippen LogP contribution in [0.1, 0.15) is 51.0 Å². The number of hydrogen-bond acceptors (Lipinski definition) is 3. The minimum absolute atomic E-state index is 0.444. The van der Waals surface area contributed by atoms with Gasteiger partial charge < -0.3 is 10.3 Å². The summed E-state index contributed by atoms with van der Waals surface area (Å²) in [5, 5.41) is 3.81. The number of anilines is 1. The van der Waals surface area contributed by atoms with Gasteiger partial charge in [-0.25, -0.2) is 0 Å². The third-order valence-corrected chi connectivity index (χ3v) is 4.53. The molecule has 1 aromatic carbocycles. The average molecular weight is 270 g/mol. The Morgan fingerprint density at radius 1 is 1.20 bits per heavy atom. The lowest BCUT2D eigenvalue weighted by molar-refractivity contribution is 0.224. The fourth-order valence-electron chi connectivity index (χ4n) is 3.20. The Hall–Kier alpha value is -1.77. The van der Waals surface area contributed by atoms with Gasteiger partial charge in [-0.2, -0.15) is 0 Å². The van der Waals surface area contributed by atoms with Crippen molar-refractivity contribution >= 4 is 5.82 Å². The first-order chi connectivity index (χ1) is 9.55. The highest BCUT2D eigenvalue weighted by molar-refractivity contribution is 5.65. The van der Waals surface area contributed by atoms with E-state index in [2.05, 4.69) is 37.2 Å². The minimum Gasteiger partial charge on any atom is -0.381 e. The molecule has 0 atom stereocenters. The lowest BCUT2D eigenvalue weighted by Gasteiger charge is -2.35. The van der Waals surface area contributed by atoms with Gasteiger partial charge in [0.15, 0.2) is 11.6 Å². The lowest BCUT2D eigenvalue weighted by atomic mass is 9.70. The maximum absolute atomic E-state index is 5.68. The van der Waals surface area contributed by atoms with Crippen LogP contribution >= 0.6 is 0 Å². The number of aromatic nitrogens is 1. The van der Waals surface area contributed by atoms with Gasteiger partial charge in [-0.05, 0) is 42.6 Å². The molecule has 1 aliphatic rings. The van der Waals surface area contributed by atoms with Crippen molar-refractivity contribution < 1.29 is 4.52 Å². The largest absolute Gasteiger partial charge is 0.381 e. The highest BCUT2D eigenvalue weighted by Crippen LogP contribution is 2.44. The summed E-state index contributed by atoms with van der Waals surface area (Å²) in [5.74, 6) is 1.84. The first-order valence-corrected chi connectivity index (χ1v) is 7.37. The van der Waals surface area contributed by atoms with Crippen molar-refractivity contribution in [1.29, 1.82) is 0 Å². The average Bonchev–Trinajstić information content (AvgIpc) is 2.85. The number of nitrogens with zero attached hydrogens (tertiary/aromatic N) is 1. The van der Waals surface area contributed by atoms with E-state index in [-0.39, 0.29) is 0 Å². The monoisotopic (exact) mass is 270 g/mol. The number of benzene rings is 1. The first-order valence-electron chi connectivity index (χ1n) is 7.37. The van der Waals surface area contributed by atoms with Gasteiger partial charge in [0, 0.05) is 11.6 Å². The zero-order chi connectivity index (χ0) is 14.2. The highest BCUT2D eigenvalue weighted by atomic mass is 16.5. The summed E-state index contributed by atoms with van der Waals surface area (Å²) in [6.07, 6.45) is 5.05. The van der Waals surface area contributed by atoms with Crippen molar-refractivity contribution in [1.82, 2.24) is 5.16 Å². The third-order valence-electron chi connectivity index (χ3n) is 4.53. The molecule has 0 spiro atoms. The molecule has 0 bridgehead atoms. The summed E-state index contributed by atoms with van der Waals surface area (Å²) in [5.41, 5.74) is 8.68. The van der Waals surface area contributed by atoms with Crippen LogP contribution < -0.4 is 5.73 Å². The second-order valence-electron chi connectivity index (χ2n) is 6.64. The van der Waals surface area contributed by atoms with Crippen molar-refractivity contribution in [2.24, 2.45) is 5.41 Å². The summed E-state index contributed by atoms with van der Waals surface area (Å²) < 4.78 is 5.35. The minimum atomic E-state index is 0.444. The van der Waals surface area contributed by atoms with Gasteiger partial charge in [0.05, 0.1) is 0 Å². The van der Waals surface area contributed by atoms with E-state index in [1.807, 2.05) is 12.1 Å². The summed E-state index contributed by atoms with van der Waals surface area (Å²) in [7, 11) is 0. The number of hydrogen-bond donors (Lipinski definition) is 1. The third kappa shape index (κ3) is 2.58. The van der Waals surface area contributed by atoms with Gasteiger partial charge in [0.2, 0.25) is 0 Å². The van der Waals surface area contributed by atoms with Crippen molar-refractivity contribution in [2.75, 3.05) is 5.73 Å². The normalized spacial score (nSPS) is 19.1. The highest BCUT2D eigenvalue weighted by Gasteiger charge is 2.29. The van der Waals surface area contributed by atoms with Gasteiger partial charge in [-0.3, -0.25) is 0 Å². The molecule has 3 nitrogen and oxygen atoms in total. The molecular formula is C17H22N2O. The second-order valence-corrected chi connectivity index (χ2v) is 6.64. The van der Waals surface area contributed by atoms with Crippen molar-refractivity contribution in [3.8, 4) is 11.3 Å². The summed E-state index contributed by atoms with van der Waals surface area (Å²) in [6.45, 7) is 4.73. The van der Waals surface area contributed by atoms with Gasteiger partial charge in [-0.1, -0.05) is 43.3 Å². The summed E-state index contributed by atoms with van der Waals surface area (Å²) >= 11 is 0. The van der Waals surface area contributed by atoms with E-state index in [0.29, 0.717) is 17.2 Å². The van der Waals surface area contributed by atoms with Gasteiger partial charge in [-0.15, -0.1) is 0 Å². The molecule has 0 amide bonds. The summed E-state index contributed by atoms with van der Waals surface area (Å²) in [4.78, 5) is 0. The Kier molecular flexibility index (Phi) is 3.28. The smallest absolute Gasteiger partial charge is 0.169 e. The topological polar surface area (TPSA) is 52.0 Å². The molecular weight excluding hydrogens is 248 g/mol. The number of nitrogens with two attached hydrogens (primary N) is 1. The van der Waals surface area contributed by atoms with Crippen LogP contribution in [0.15, 0.2) is 34.9 Å². The number of nitrogen functional groups attached to an aromatic ring is 1. The number of rotatable bonds is 2. The van der Waals surface area contributed by atoms with E-state index in [0.717, 1.165) is 11.3 Å².